The van der Waals surface area contributed by atoms with Crippen LogP contribution in [0.2, 0.25) is 0 Å². The summed E-state index contributed by atoms with van der Waals surface area (Å²) in [6.07, 6.45) is 7.05. The van der Waals surface area contributed by atoms with Crippen molar-refractivity contribution in [1.29, 1.82) is 0 Å². The van der Waals surface area contributed by atoms with Crippen molar-refractivity contribution in [2.75, 3.05) is 25.0 Å². The molecule has 1 aromatic carbocycles. The van der Waals surface area contributed by atoms with Crippen LogP contribution in [0.3, 0.4) is 0 Å². The molecule has 1 heterocycles. The predicted octanol–water partition coefficient (Wildman–Crippen LogP) is 3.37. The van der Waals surface area contributed by atoms with Gasteiger partial charge in [0.25, 0.3) is 0 Å². The van der Waals surface area contributed by atoms with E-state index in [1.165, 1.54) is 49.9 Å². The molecule has 1 unspecified atom stereocenters. The van der Waals surface area contributed by atoms with Crippen LogP contribution >= 0.6 is 0 Å². The van der Waals surface area contributed by atoms with Crippen LogP contribution in [0.4, 0.5) is 5.69 Å². The quantitative estimate of drug-likeness (QED) is 0.719. The first kappa shape index (κ1) is 12.0. The fraction of sp³-hybridized carbons (Fsp3) is 0.625. The number of nitrogens with one attached hydrogen (secondary N) is 2. The maximum Gasteiger partial charge on any atom is 0.0376 e. The molecule has 1 atom stereocenters. The molecule has 2 aliphatic rings. The zero-order valence-electron chi connectivity index (χ0n) is 11.1. The molecular weight excluding hydrogens is 220 g/mol. The fourth-order valence-electron chi connectivity index (χ4n) is 2.94. The molecule has 2 nitrogen and oxygen atoms in total. The lowest BCUT2D eigenvalue weighted by molar-refractivity contribution is 0.557. The van der Waals surface area contributed by atoms with Crippen molar-refractivity contribution in [3.63, 3.8) is 0 Å². The first-order valence-electron chi connectivity index (χ1n) is 7.47. The Labute approximate surface area is 110 Å². The molecule has 1 aliphatic carbocycles. The van der Waals surface area contributed by atoms with Crippen molar-refractivity contribution >= 4 is 5.69 Å². The van der Waals surface area contributed by atoms with Gasteiger partial charge < -0.3 is 10.6 Å². The molecule has 0 spiro atoms. The molecule has 2 N–H and O–H groups in total. The second-order valence-corrected chi connectivity index (χ2v) is 5.79. The van der Waals surface area contributed by atoms with Gasteiger partial charge in [0.1, 0.15) is 0 Å². The van der Waals surface area contributed by atoms with Crippen LogP contribution in [-0.4, -0.2) is 19.6 Å². The summed E-state index contributed by atoms with van der Waals surface area (Å²) in [6, 6.07) is 8.73. The van der Waals surface area contributed by atoms with Gasteiger partial charge in [0.2, 0.25) is 0 Å². The number of benzene rings is 1. The third-order valence-corrected chi connectivity index (χ3v) is 4.27. The molecule has 0 bridgehead atoms. The van der Waals surface area contributed by atoms with Crippen molar-refractivity contribution in [2.45, 2.75) is 38.0 Å². The Kier molecular flexibility index (Phi) is 3.84. The van der Waals surface area contributed by atoms with Crippen molar-refractivity contribution in [2.24, 2.45) is 5.92 Å². The first-order valence-corrected chi connectivity index (χ1v) is 7.47. The molecule has 1 aliphatic heterocycles. The van der Waals surface area contributed by atoms with E-state index in [-0.39, 0.29) is 0 Å². The van der Waals surface area contributed by atoms with Crippen LogP contribution in [0.1, 0.15) is 43.6 Å². The SMILES string of the molecule is c1ccc2c(c1)NCC2CCNCCCC1CC1. The molecule has 98 valence electrons. The van der Waals surface area contributed by atoms with Gasteiger partial charge in [-0.25, -0.2) is 0 Å². The Morgan fingerprint density at radius 1 is 1.11 bits per heavy atom. The molecule has 0 amide bonds. The van der Waals surface area contributed by atoms with Gasteiger partial charge in [-0.1, -0.05) is 31.0 Å². The normalized spacial score (nSPS) is 21.7. The van der Waals surface area contributed by atoms with Crippen molar-refractivity contribution < 1.29 is 0 Å². The molecular formula is C16H24N2. The van der Waals surface area contributed by atoms with Gasteiger partial charge in [0.05, 0.1) is 0 Å². The van der Waals surface area contributed by atoms with E-state index in [0.29, 0.717) is 5.92 Å². The lowest BCUT2D eigenvalue weighted by atomic mass is 9.98. The standard InChI is InChI=1S/C16H24N2/c1-2-6-16-15(5-1)14(12-18-16)9-11-17-10-3-4-13-7-8-13/h1-2,5-6,13-14,17-18H,3-4,7-12H2. The van der Waals surface area contributed by atoms with E-state index < -0.39 is 0 Å². The average Bonchev–Trinajstić information content (AvgIpc) is 3.14. The predicted molar refractivity (Wildman–Crippen MR) is 77.1 cm³/mol. The fourth-order valence-corrected chi connectivity index (χ4v) is 2.94. The Morgan fingerprint density at radius 2 is 2.00 bits per heavy atom. The minimum atomic E-state index is 0.706. The van der Waals surface area contributed by atoms with Crippen LogP contribution in [-0.2, 0) is 0 Å². The Bertz CT molecular complexity index is 384. The van der Waals surface area contributed by atoms with Crippen LogP contribution in [0.25, 0.3) is 0 Å². The second kappa shape index (κ2) is 5.75. The molecule has 1 saturated carbocycles. The average molecular weight is 244 g/mol. The number of rotatable bonds is 7. The van der Waals surface area contributed by atoms with Gasteiger partial charge >= 0.3 is 0 Å². The van der Waals surface area contributed by atoms with E-state index in [1.807, 2.05) is 0 Å². The van der Waals surface area contributed by atoms with Gasteiger partial charge in [0, 0.05) is 18.2 Å². The third-order valence-electron chi connectivity index (χ3n) is 4.27. The largest absolute Gasteiger partial charge is 0.384 e. The Hall–Kier alpha value is -1.02. The van der Waals surface area contributed by atoms with E-state index in [0.717, 1.165) is 19.0 Å². The summed E-state index contributed by atoms with van der Waals surface area (Å²) in [5.41, 5.74) is 2.86. The van der Waals surface area contributed by atoms with E-state index in [9.17, 15) is 0 Å². The van der Waals surface area contributed by atoms with Crippen LogP contribution < -0.4 is 10.6 Å². The molecule has 1 fully saturated rings. The topological polar surface area (TPSA) is 24.1 Å². The van der Waals surface area contributed by atoms with Crippen LogP contribution in [0.5, 0.6) is 0 Å². The lowest BCUT2D eigenvalue weighted by Crippen LogP contribution is -2.19. The minimum Gasteiger partial charge on any atom is -0.384 e. The molecule has 1 aromatic rings. The van der Waals surface area contributed by atoms with Crippen molar-refractivity contribution in [3.8, 4) is 0 Å². The number of anilines is 1. The Balaban J connectivity index is 1.34. The van der Waals surface area contributed by atoms with Gasteiger partial charge in [-0.2, -0.15) is 0 Å². The zero-order valence-corrected chi connectivity index (χ0v) is 11.1. The summed E-state index contributed by atoms with van der Waals surface area (Å²) < 4.78 is 0. The number of para-hydroxylation sites is 1. The molecule has 0 radical (unpaired) electrons. The van der Waals surface area contributed by atoms with Crippen LogP contribution in [0.15, 0.2) is 24.3 Å². The summed E-state index contributed by atoms with van der Waals surface area (Å²) in [5.74, 6) is 1.79. The minimum absolute atomic E-state index is 0.706. The molecule has 2 heteroatoms. The van der Waals surface area contributed by atoms with Gasteiger partial charge in [0.15, 0.2) is 0 Å². The van der Waals surface area contributed by atoms with E-state index in [2.05, 4.69) is 34.9 Å². The van der Waals surface area contributed by atoms with E-state index >= 15 is 0 Å². The highest BCUT2D eigenvalue weighted by Crippen LogP contribution is 2.33. The summed E-state index contributed by atoms with van der Waals surface area (Å²) in [6.45, 7) is 3.48. The second-order valence-electron chi connectivity index (χ2n) is 5.79. The molecule has 3 rings (SSSR count). The van der Waals surface area contributed by atoms with Gasteiger partial charge in [-0.15, -0.1) is 0 Å². The number of hydrogen-bond donors (Lipinski definition) is 2. The van der Waals surface area contributed by atoms with Gasteiger partial charge in [-0.05, 0) is 49.9 Å². The van der Waals surface area contributed by atoms with Crippen LogP contribution in [0, 0.1) is 5.92 Å². The summed E-state index contributed by atoms with van der Waals surface area (Å²) in [5, 5.41) is 7.10. The summed E-state index contributed by atoms with van der Waals surface area (Å²) in [7, 11) is 0. The monoisotopic (exact) mass is 244 g/mol. The lowest BCUT2D eigenvalue weighted by Gasteiger charge is -2.10. The van der Waals surface area contributed by atoms with E-state index in [4.69, 9.17) is 0 Å². The highest BCUT2D eigenvalue weighted by atomic mass is 14.9. The molecule has 18 heavy (non-hydrogen) atoms. The number of hydrogen-bond acceptors (Lipinski definition) is 2. The molecule has 0 aromatic heterocycles. The van der Waals surface area contributed by atoms with Crippen molar-refractivity contribution in [1.82, 2.24) is 5.32 Å². The van der Waals surface area contributed by atoms with E-state index in [1.54, 1.807) is 0 Å². The maximum absolute atomic E-state index is 3.60. The zero-order chi connectivity index (χ0) is 12.2. The van der Waals surface area contributed by atoms with Gasteiger partial charge in [-0.3, -0.25) is 0 Å². The first-order chi connectivity index (χ1) is 8.93. The third kappa shape index (κ3) is 3.05. The number of fused-ring (bicyclic) bond motifs is 1. The highest BCUT2D eigenvalue weighted by molar-refractivity contribution is 5.57. The highest BCUT2D eigenvalue weighted by Gasteiger charge is 2.21. The molecule has 0 saturated heterocycles. The van der Waals surface area contributed by atoms with Crippen molar-refractivity contribution in [3.05, 3.63) is 29.8 Å². The maximum atomic E-state index is 3.60. The summed E-state index contributed by atoms with van der Waals surface area (Å²) >= 11 is 0. The summed E-state index contributed by atoms with van der Waals surface area (Å²) in [4.78, 5) is 0. The Morgan fingerprint density at radius 3 is 2.89 bits per heavy atom. The smallest absolute Gasteiger partial charge is 0.0376 e.